The molecule has 6 nitrogen and oxygen atoms in total. The van der Waals surface area contributed by atoms with Crippen LogP contribution in [0.1, 0.15) is 32.1 Å². The molecular formula is C19H23N3O3S. The number of aliphatic hydroxyl groups is 1. The molecule has 1 N–H and O–H groups in total. The zero-order valence-corrected chi connectivity index (χ0v) is 15.5. The summed E-state index contributed by atoms with van der Waals surface area (Å²) in [5.74, 6) is 0.0478. The monoisotopic (exact) mass is 373 g/mol. The van der Waals surface area contributed by atoms with Crippen molar-refractivity contribution in [1.82, 2.24) is 14.7 Å². The lowest BCUT2D eigenvalue weighted by Gasteiger charge is -2.47. The Hall–Kier alpha value is -1.99. The fraction of sp³-hybridized carbons (Fsp3) is 0.526. The summed E-state index contributed by atoms with van der Waals surface area (Å²) in [5, 5.41) is 17.1. The number of carbonyl (C=O) groups excluding carboxylic acids is 1. The molecule has 3 heterocycles. The summed E-state index contributed by atoms with van der Waals surface area (Å²) in [4.78, 5) is 27.6. The van der Waals surface area contributed by atoms with Crippen LogP contribution in [0.2, 0.25) is 0 Å². The highest BCUT2D eigenvalue weighted by Crippen LogP contribution is 2.39. The molecule has 0 aromatic carbocycles. The molecular weight excluding hydrogens is 350 g/mol. The van der Waals surface area contributed by atoms with Crippen LogP contribution in [0.3, 0.4) is 0 Å². The average molecular weight is 373 g/mol. The van der Waals surface area contributed by atoms with E-state index < -0.39 is 5.60 Å². The van der Waals surface area contributed by atoms with E-state index >= 15 is 0 Å². The van der Waals surface area contributed by atoms with Crippen molar-refractivity contribution < 1.29 is 9.90 Å². The van der Waals surface area contributed by atoms with E-state index in [1.807, 2.05) is 17.5 Å². The minimum absolute atomic E-state index is 0.0524. The summed E-state index contributed by atoms with van der Waals surface area (Å²) in [5.41, 5.74) is -0.180. The molecule has 138 valence electrons. The number of amides is 1. The van der Waals surface area contributed by atoms with Crippen LogP contribution in [0.4, 0.5) is 0 Å². The summed E-state index contributed by atoms with van der Waals surface area (Å²) in [6.45, 7) is 1.07. The van der Waals surface area contributed by atoms with Gasteiger partial charge in [-0.2, -0.15) is 5.10 Å². The molecule has 1 amide bonds. The summed E-state index contributed by atoms with van der Waals surface area (Å²) < 4.78 is 1.25. The standard InChI is InChI=1S/C19H23N3O3S/c23-17-7-6-15(16-5-3-11-26-16)20-22(17)13-18(24)21-10-9-19(25)8-2-1-4-14(19)12-21/h3,5-7,11,14,25H,1-2,4,8-10,12-13H2/t14-,19+/m0/s1. The molecule has 0 spiro atoms. The number of nitrogens with zero attached hydrogens (tertiary/aromatic N) is 3. The second kappa shape index (κ2) is 6.96. The topological polar surface area (TPSA) is 75.4 Å². The van der Waals surface area contributed by atoms with E-state index in [2.05, 4.69) is 5.10 Å². The molecule has 0 radical (unpaired) electrons. The van der Waals surface area contributed by atoms with Crippen LogP contribution in [-0.4, -0.2) is 44.4 Å². The van der Waals surface area contributed by atoms with Crippen molar-refractivity contribution in [3.8, 4) is 10.6 Å². The predicted octanol–water partition coefficient (Wildman–Crippen LogP) is 2.13. The summed E-state index contributed by atoms with van der Waals surface area (Å²) in [6, 6.07) is 7.03. The Labute approximate surface area is 156 Å². The van der Waals surface area contributed by atoms with Gasteiger partial charge in [0.25, 0.3) is 5.56 Å². The van der Waals surface area contributed by atoms with Gasteiger partial charge in [0, 0.05) is 25.1 Å². The smallest absolute Gasteiger partial charge is 0.267 e. The molecule has 2 atom stereocenters. The molecule has 0 unspecified atom stereocenters. The molecule has 7 heteroatoms. The van der Waals surface area contributed by atoms with E-state index in [1.165, 1.54) is 10.7 Å². The third kappa shape index (κ3) is 3.33. The fourth-order valence-corrected chi connectivity index (χ4v) is 4.83. The molecule has 1 saturated carbocycles. The lowest BCUT2D eigenvalue weighted by molar-refractivity contribution is -0.144. The molecule has 2 aromatic heterocycles. The minimum Gasteiger partial charge on any atom is -0.389 e. The van der Waals surface area contributed by atoms with Crippen molar-refractivity contribution in [3.63, 3.8) is 0 Å². The highest BCUT2D eigenvalue weighted by atomic mass is 32.1. The van der Waals surface area contributed by atoms with Gasteiger partial charge in [-0.25, -0.2) is 4.68 Å². The number of likely N-dealkylation sites (tertiary alicyclic amines) is 1. The summed E-state index contributed by atoms with van der Waals surface area (Å²) in [6.07, 6.45) is 4.60. The van der Waals surface area contributed by atoms with E-state index in [-0.39, 0.29) is 23.9 Å². The van der Waals surface area contributed by atoms with Crippen molar-refractivity contribution in [2.45, 2.75) is 44.2 Å². The third-order valence-corrected chi connectivity index (χ3v) is 6.60. The highest BCUT2D eigenvalue weighted by Gasteiger charge is 2.43. The zero-order valence-electron chi connectivity index (χ0n) is 14.6. The molecule has 2 fully saturated rings. The number of piperidine rings is 1. The van der Waals surface area contributed by atoms with Crippen LogP contribution in [0.15, 0.2) is 34.4 Å². The van der Waals surface area contributed by atoms with Gasteiger partial charge in [0.2, 0.25) is 5.91 Å². The van der Waals surface area contributed by atoms with Crippen molar-refractivity contribution in [1.29, 1.82) is 0 Å². The molecule has 2 aromatic rings. The third-order valence-electron chi connectivity index (χ3n) is 5.71. The van der Waals surface area contributed by atoms with E-state index in [0.717, 1.165) is 30.6 Å². The molecule has 26 heavy (non-hydrogen) atoms. The van der Waals surface area contributed by atoms with Crippen molar-refractivity contribution in [3.05, 3.63) is 40.0 Å². The normalized spacial score (nSPS) is 25.7. The first-order valence-corrected chi connectivity index (χ1v) is 10.1. The van der Waals surface area contributed by atoms with Crippen molar-refractivity contribution in [2.75, 3.05) is 13.1 Å². The number of hydrogen-bond acceptors (Lipinski definition) is 5. The summed E-state index contributed by atoms with van der Waals surface area (Å²) >= 11 is 1.55. The van der Waals surface area contributed by atoms with Crippen LogP contribution >= 0.6 is 11.3 Å². The predicted molar refractivity (Wildman–Crippen MR) is 99.9 cm³/mol. The first-order valence-electron chi connectivity index (χ1n) is 9.17. The van der Waals surface area contributed by atoms with Gasteiger partial charge in [0.05, 0.1) is 10.5 Å². The number of carbonyl (C=O) groups is 1. The Balaban J connectivity index is 1.48. The maximum atomic E-state index is 12.7. The van der Waals surface area contributed by atoms with Gasteiger partial charge in [0.1, 0.15) is 12.2 Å². The van der Waals surface area contributed by atoms with Crippen LogP contribution in [0.5, 0.6) is 0 Å². The van der Waals surface area contributed by atoms with Crippen LogP contribution in [0.25, 0.3) is 10.6 Å². The molecule has 1 aliphatic heterocycles. The molecule has 2 aliphatic rings. The van der Waals surface area contributed by atoms with Gasteiger partial charge in [0.15, 0.2) is 0 Å². The van der Waals surface area contributed by atoms with E-state index in [0.29, 0.717) is 25.2 Å². The second-order valence-electron chi connectivity index (χ2n) is 7.33. The first-order chi connectivity index (χ1) is 12.5. The Morgan fingerprint density at radius 3 is 3.00 bits per heavy atom. The Bertz CT molecular complexity index is 848. The van der Waals surface area contributed by atoms with Gasteiger partial charge >= 0.3 is 0 Å². The zero-order chi connectivity index (χ0) is 18.1. The fourth-order valence-electron chi connectivity index (χ4n) is 4.14. The molecule has 1 aliphatic carbocycles. The summed E-state index contributed by atoms with van der Waals surface area (Å²) in [7, 11) is 0. The second-order valence-corrected chi connectivity index (χ2v) is 8.28. The maximum Gasteiger partial charge on any atom is 0.267 e. The van der Waals surface area contributed by atoms with E-state index in [9.17, 15) is 14.7 Å². The van der Waals surface area contributed by atoms with Crippen LogP contribution in [0, 0.1) is 5.92 Å². The van der Waals surface area contributed by atoms with Gasteiger partial charge in [-0.05, 0) is 36.8 Å². The Kier molecular flexibility index (Phi) is 4.67. The Morgan fingerprint density at radius 1 is 1.31 bits per heavy atom. The van der Waals surface area contributed by atoms with Gasteiger partial charge in [-0.15, -0.1) is 11.3 Å². The van der Waals surface area contributed by atoms with Crippen LogP contribution in [-0.2, 0) is 11.3 Å². The first kappa shape index (κ1) is 17.4. The number of fused-ring (bicyclic) bond motifs is 1. The SMILES string of the molecule is O=C(Cn1nc(-c2cccs2)ccc1=O)N1CC[C@]2(O)CCCC[C@H]2C1. The van der Waals surface area contributed by atoms with Gasteiger partial charge < -0.3 is 10.0 Å². The lowest BCUT2D eigenvalue weighted by atomic mass is 9.71. The number of hydrogen-bond donors (Lipinski definition) is 1. The minimum atomic E-state index is -0.608. The van der Waals surface area contributed by atoms with E-state index in [4.69, 9.17) is 0 Å². The van der Waals surface area contributed by atoms with Crippen LogP contribution < -0.4 is 5.56 Å². The Morgan fingerprint density at radius 2 is 2.19 bits per heavy atom. The van der Waals surface area contributed by atoms with Gasteiger partial charge in [-0.3, -0.25) is 9.59 Å². The highest BCUT2D eigenvalue weighted by molar-refractivity contribution is 7.13. The molecule has 4 rings (SSSR count). The molecule has 1 saturated heterocycles. The van der Waals surface area contributed by atoms with Crippen molar-refractivity contribution >= 4 is 17.2 Å². The van der Waals surface area contributed by atoms with Gasteiger partial charge in [-0.1, -0.05) is 18.9 Å². The average Bonchev–Trinajstić information content (AvgIpc) is 3.17. The number of thiophene rings is 1. The van der Waals surface area contributed by atoms with E-state index in [1.54, 1.807) is 22.3 Å². The maximum absolute atomic E-state index is 12.7. The number of rotatable bonds is 3. The quantitative estimate of drug-likeness (QED) is 0.894. The lowest BCUT2D eigenvalue weighted by Crippen LogP contribution is -2.55. The van der Waals surface area contributed by atoms with Crippen molar-refractivity contribution in [2.24, 2.45) is 5.92 Å². The largest absolute Gasteiger partial charge is 0.389 e. The molecule has 0 bridgehead atoms. The number of aromatic nitrogens is 2.